The van der Waals surface area contributed by atoms with Crippen molar-refractivity contribution in [2.75, 3.05) is 13.7 Å². The molecule has 4 rings (SSSR count). The molecular formula is C25H22ClNO5. The summed E-state index contributed by atoms with van der Waals surface area (Å²) in [6, 6.07) is 20.2. The van der Waals surface area contributed by atoms with Crippen LogP contribution in [0, 0.1) is 0 Å². The molecule has 1 atom stereocenters. The molecule has 164 valence electrons. The van der Waals surface area contributed by atoms with Crippen LogP contribution in [0.4, 0.5) is 4.79 Å². The lowest BCUT2D eigenvalue weighted by atomic mass is 9.98. The monoisotopic (exact) mass is 451 g/mol. The Morgan fingerprint density at radius 3 is 2.25 bits per heavy atom. The Labute approximate surface area is 190 Å². The van der Waals surface area contributed by atoms with E-state index in [0.717, 1.165) is 22.3 Å². The quantitative estimate of drug-likeness (QED) is 0.502. The van der Waals surface area contributed by atoms with Gasteiger partial charge in [0, 0.05) is 5.92 Å². The Hall–Kier alpha value is -3.51. The molecule has 0 aromatic heterocycles. The molecule has 2 N–H and O–H groups in total. The van der Waals surface area contributed by atoms with E-state index < -0.39 is 18.1 Å². The first-order valence-electron chi connectivity index (χ1n) is 10.1. The Kier molecular flexibility index (Phi) is 6.32. The molecule has 1 amide bonds. The maximum Gasteiger partial charge on any atom is 0.407 e. The average Bonchev–Trinajstić information content (AvgIpc) is 3.11. The van der Waals surface area contributed by atoms with Crippen molar-refractivity contribution in [2.45, 2.75) is 18.4 Å². The van der Waals surface area contributed by atoms with Crippen LogP contribution in [0.15, 0.2) is 66.7 Å². The number of methoxy groups -OCH3 is 1. The number of aliphatic carboxylic acids is 1. The van der Waals surface area contributed by atoms with Crippen molar-refractivity contribution in [1.29, 1.82) is 0 Å². The fraction of sp³-hybridized carbons (Fsp3) is 0.200. The van der Waals surface area contributed by atoms with Crippen LogP contribution in [0.25, 0.3) is 11.1 Å². The maximum atomic E-state index is 12.6. The molecule has 0 saturated heterocycles. The summed E-state index contributed by atoms with van der Waals surface area (Å²) >= 11 is 6.06. The minimum Gasteiger partial charge on any atom is -0.495 e. The van der Waals surface area contributed by atoms with Gasteiger partial charge >= 0.3 is 12.1 Å². The number of hydrogen-bond acceptors (Lipinski definition) is 4. The van der Waals surface area contributed by atoms with E-state index in [1.54, 1.807) is 18.2 Å². The molecule has 0 spiro atoms. The number of carbonyl (C=O) groups is 2. The first-order valence-corrected chi connectivity index (χ1v) is 10.5. The molecule has 0 heterocycles. The highest BCUT2D eigenvalue weighted by Gasteiger charge is 2.29. The largest absolute Gasteiger partial charge is 0.495 e. The van der Waals surface area contributed by atoms with E-state index >= 15 is 0 Å². The van der Waals surface area contributed by atoms with Crippen molar-refractivity contribution < 1.29 is 24.2 Å². The Morgan fingerprint density at radius 1 is 1.03 bits per heavy atom. The third kappa shape index (κ3) is 4.41. The summed E-state index contributed by atoms with van der Waals surface area (Å²) in [5, 5.41) is 12.4. The molecule has 1 aliphatic carbocycles. The second-order valence-corrected chi connectivity index (χ2v) is 7.92. The van der Waals surface area contributed by atoms with Gasteiger partial charge in [0.05, 0.1) is 24.6 Å². The number of carboxylic acid groups (broad SMARTS) is 1. The summed E-state index contributed by atoms with van der Waals surface area (Å²) in [6.07, 6.45) is -0.998. The summed E-state index contributed by atoms with van der Waals surface area (Å²) in [6.45, 7) is 0.142. The fourth-order valence-electron chi connectivity index (χ4n) is 4.10. The van der Waals surface area contributed by atoms with Gasteiger partial charge in [0.1, 0.15) is 12.4 Å². The number of nitrogens with one attached hydrogen (secondary N) is 1. The number of ether oxygens (including phenoxy) is 2. The van der Waals surface area contributed by atoms with E-state index in [9.17, 15) is 14.7 Å². The number of alkyl carbamates (subject to hydrolysis) is 1. The van der Waals surface area contributed by atoms with Crippen molar-refractivity contribution in [1.82, 2.24) is 5.32 Å². The summed E-state index contributed by atoms with van der Waals surface area (Å²) in [5.74, 6) is -0.738. The molecule has 3 aromatic rings. The van der Waals surface area contributed by atoms with Crippen LogP contribution in [0.2, 0.25) is 5.02 Å². The van der Waals surface area contributed by atoms with Crippen LogP contribution in [0.5, 0.6) is 5.75 Å². The molecule has 0 aliphatic heterocycles. The molecular weight excluding hydrogens is 430 g/mol. The number of amides is 1. The van der Waals surface area contributed by atoms with Crippen molar-refractivity contribution in [3.05, 3.63) is 88.4 Å². The zero-order valence-corrected chi connectivity index (χ0v) is 18.1. The lowest BCUT2D eigenvalue weighted by Gasteiger charge is -2.20. The van der Waals surface area contributed by atoms with Crippen LogP contribution >= 0.6 is 11.6 Å². The zero-order valence-electron chi connectivity index (χ0n) is 17.4. The van der Waals surface area contributed by atoms with Gasteiger partial charge in [0.2, 0.25) is 0 Å². The standard InChI is InChI=1S/C25H22ClNO5/c1-31-23-12-15(10-11-21(23)26)22(13-24(28)29)27-25(30)32-14-20-18-8-4-2-6-16(18)17-7-3-5-9-19(17)20/h2-12,20,22H,13-14H2,1H3,(H,27,30)(H,28,29)/t22-/m1/s1. The molecule has 0 unspecified atom stereocenters. The minimum absolute atomic E-state index is 0.0818. The number of carbonyl (C=O) groups excluding carboxylic acids is 1. The van der Waals surface area contributed by atoms with E-state index in [1.165, 1.54) is 7.11 Å². The van der Waals surface area contributed by atoms with Crippen molar-refractivity contribution in [3.8, 4) is 16.9 Å². The summed E-state index contributed by atoms with van der Waals surface area (Å²) < 4.78 is 10.8. The van der Waals surface area contributed by atoms with Gasteiger partial charge in [-0.25, -0.2) is 4.79 Å². The topological polar surface area (TPSA) is 84.9 Å². The van der Waals surface area contributed by atoms with Gasteiger partial charge in [0.15, 0.2) is 0 Å². The van der Waals surface area contributed by atoms with Gasteiger partial charge in [-0.1, -0.05) is 66.2 Å². The van der Waals surface area contributed by atoms with Crippen molar-refractivity contribution in [2.24, 2.45) is 0 Å². The Morgan fingerprint density at radius 2 is 1.66 bits per heavy atom. The second-order valence-electron chi connectivity index (χ2n) is 7.51. The number of fused-ring (bicyclic) bond motifs is 3. The molecule has 7 heteroatoms. The van der Waals surface area contributed by atoms with Crippen LogP contribution in [0.3, 0.4) is 0 Å². The van der Waals surface area contributed by atoms with Crippen LogP contribution in [0.1, 0.15) is 35.1 Å². The molecule has 32 heavy (non-hydrogen) atoms. The number of rotatable bonds is 7. The van der Waals surface area contributed by atoms with Crippen LogP contribution in [-0.4, -0.2) is 30.9 Å². The van der Waals surface area contributed by atoms with Crippen molar-refractivity contribution in [3.63, 3.8) is 0 Å². The Balaban J connectivity index is 1.49. The van der Waals surface area contributed by atoms with E-state index in [0.29, 0.717) is 16.3 Å². The number of carboxylic acids is 1. The first-order chi connectivity index (χ1) is 15.5. The van der Waals surface area contributed by atoms with E-state index in [-0.39, 0.29) is 18.9 Å². The van der Waals surface area contributed by atoms with Crippen LogP contribution < -0.4 is 10.1 Å². The lowest BCUT2D eigenvalue weighted by molar-refractivity contribution is -0.137. The molecule has 0 radical (unpaired) electrons. The first kappa shape index (κ1) is 21.7. The normalized spacial score (nSPS) is 13.1. The molecule has 3 aromatic carbocycles. The summed E-state index contributed by atoms with van der Waals surface area (Å²) in [4.78, 5) is 24.0. The van der Waals surface area contributed by atoms with E-state index in [2.05, 4.69) is 17.4 Å². The lowest BCUT2D eigenvalue weighted by Crippen LogP contribution is -2.31. The van der Waals surface area contributed by atoms with Gasteiger partial charge in [-0.2, -0.15) is 0 Å². The smallest absolute Gasteiger partial charge is 0.407 e. The van der Waals surface area contributed by atoms with Gasteiger partial charge < -0.3 is 19.9 Å². The predicted octanol–water partition coefficient (Wildman–Crippen LogP) is 5.40. The van der Waals surface area contributed by atoms with Gasteiger partial charge in [-0.05, 0) is 39.9 Å². The van der Waals surface area contributed by atoms with E-state index in [1.807, 2.05) is 36.4 Å². The minimum atomic E-state index is -1.05. The maximum absolute atomic E-state index is 12.6. The molecule has 0 saturated carbocycles. The van der Waals surface area contributed by atoms with Gasteiger partial charge in [-0.3, -0.25) is 4.79 Å². The highest BCUT2D eigenvalue weighted by Crippen LogP contribution is 2.44. The number of hydrogen-bond donors (Lipinski definition) is 2. The highest BCUT2D eigenvalue weighted by molar-refractivity contribution is 6.32. The third-order valence-corrected chi connectivity index (χ3v) is 5.90. The zero-order chi connectivity index (χ0) is 22.7. The molecule has 1 aliphatic rings. The fourth-order valence-corrected chi connectivity index (χ4v) is 4.30. The van der Waals surface area contributed by atoms with Crippen molar-refractivity contribution >= 4 is 23.7 Å². The second kappa shape index (κ2) is 9.32. The predicted molar refractivity (Wildman–Crippen MR) is 121 cm³/mol. The third-order valence-electron chi connectivity index (χ3n) is 5.59. The molecule has 0 fully saturated rings. The van der Waals surface area contributed by atoms with Crippen LogP contribution in [-0.2, 0) is 9.53 Å². The Bertz CT molecular complexity index is 1120. The van der Waals surface area contributed by atoms with E-state index in [4.69, 9.17) is 21.1 Å². The highest BCUT2D eigenvalue weighted by atomic mass is 35.5. The number of benzene rings is 3. The summed E-state index contributed by atoms with van der Waals surface area (Å²) in [5.41, 5.74) is 5.03. The summed E-state index contributed by atoms with van der Waals surface area (Å²) in [7, 11) is 1.47. The molecule has 0 bridgehead atoms. The van der Waals surface area contributed by atoms with Gasteiger partial charge in [-0.15, -0.1) is 0 Å². The average molecular weight is 452 g/mol. The number of halogens is 1. The van der Waals surface area contributed by atoms with Gasteiger partial charge in [0.25, 0.3) is 0 Å². The molecule has 6 nitrogen and oxygen atoms in total. The SMILES string of the molecule is COc1cc([C@@H](CC(=O)O)NC(=O)OCC2c3ccccc3-c3ccccc32)ccc1Cl.